The van der Waals surface area contributed by atoms with Crippen LogP contribution >= 0.6 is 0 Å². The number of benzene rings is 1. The molecule has 4 atom stereocenters. The molecule has 0 radical (unpaired) electrons. The number of nitrogens with one attached hydrogen (secondary N) is 1. The summed E-state index contributed by atoms with van der Waals surface area (Å²) in [6.45, 7) is 5.68. The van der Waals surface area contributed by atoms with Crippen LogP contribution in [0.3, 0.4) is 0 Å². The lowest BCUT2D eigenvalue weighted by atomic mass is 10.0. The highest BCUT2D eigenvalue weighted by Gasteiger charge is 2.41. The molecule has 2 aliphatic rings. The van der Waals surface area contributed by atoms with Crippen LogP contribution in [0.1, 0.15) is 31.2 Å². The Morgan fingerprint density at radius 2 is 1.96 bits per heavy atom. The van der Waals surface area contributed by atoms with E-state index in [4.69, 9.17) is 4.74 Å². The number of halogens is 1. The molecule has 1 aliphatic heterocycles. The van der Waals surface area contributed by atoms with Crippen molar-refractivity contribution in [2.24, 2.45) is 11.8 Å². The molecule has 1 aliphatic carbocycles. The van der Waals surface area contributed by atoms with Crippen molar-refractivity contribution in [2.75, 3.05) is 19.6 Å². The second-order valence-electron chi connectivity index (χ2n) is 7.34. The number of fused-ring (bicyclic) bond motifs is 1. The monoisotopic (exact) mass is 329 g/mol. The third-order valence-corrected chi connectivity index (χ3v) is 5.52. The molecule has 2 aromatic rings. The van der Waals surface area contributed by atoms with Crippen LogP contribution in [0.2, 0.25) is 0 Å². The zero-order valence-corrected chi connectivity index (χ0v) is 14.0. The molecular weight excluding hydrogens is 305 g/mol. The number of hydrogen-bond donors (Lipinski definition) is 1. The standard InChI is InChI=1S/C19H24FN3O/c1-13(16-8-21-22-9-16)10-23-11-14-6-19(7-15(14)12-23)24-18-4-2-17(20)3-5-18/h2-5,8-9,13-15,19H,6-7,10-12H2,1H3,(H,21,22)/t13-,14-,15+,19?/m0/s1. The first-order valence-corrected chi connectivity index (χ1v) is 8.80. The van der Waals surface area contributed by atoms with Gasteiger partial charge < -0.3 is 9.64 Å². The molecule has 2 heterocycles. The number of hydrogen-bond acceptors (Lipinski definition) is 3. The van der Waals surface area contributed by atoms with E-state index in [1.165, 1.54) is 17.7 Å². The van der Waals surface area contributed by atoms with Gasteiger partial charge in [0.2, 0.25) is 0 Å². The summed E-state index contributed by atoms with van der Waals surface area (Å²) in [7, 11) is 0. The third kappa shape index (κ3) is 3.31. The zero-order chi connectivity index (χ0) is 16.5. The van der Waals surface area contributed by atoms with Gasteiger partial charge in [-0.2, -0.15) is 5.10 Å². The summed E-state index contributed by atoms with van der Waals surface area (Å²) < 4.78 is 19.0. The van der Waals surface area contributed by atoms with Gasteiger partial charge in [-0.1, -0.05) is 6.92 Å². The molecule has 1 N–H and O–H groups in total. The van der Waals surface area contributed by atoms with Crippen molar-refractivity contribution in [2.45, 2.75) is 31.8 Å². The van der Waals surface area contributed by atoms with E-state index >= 15 is 0 Å². The fraction of sp³-hybridized carbons (Fsp3) is 0.526. The maximum absolute atomic E-state index is 13.0. The van der Waals surface area contributed by atoms with Crippen molar-refractivity contribution in [1.29, 1.82) is 0 Å². The molecule has 24 heavy (non-hydrogen) atoms. The summed E-state index contributed by atoms with van der Waals surface area (Å²) in [5, 5.41) is 6.95. The Kier molecular flexibility index (Phi) is 4.27. The first-order chi connectivity index (χ1) is 11.7. The van der Waals surface area contributed by atoms with Crippen molar-refractivity contribution >= 4 is 0 Å². The molecule has 128 valence electrons. The minimum atomic E-state index is -0.215. The Morgan fingerprint density at radius 1 is 1.25 bits per heavy atom. The summed E-state index contributed by atoms with van der Waals surface area (Å²) in [4.78, 5) is 2.58. The second-order valence-corrected chi connectivity index (χ2v) is 7.34. The molecule has 5 heteroatoms. The zero-order valence-electron chi connectivity index (χ0n) is 14.0. The molecule has 1 aromatic heterocycles. The number of aromatic nitrogens is 2. The molecule has 0 bridgehead atoms. The van der Waals surface area contributed by atoms with Crippen LogP contribution in [0.4, 0.5) is 4.39 Å². The smallest absolute Gasteiger partial charge is 0.123 e. The van der Waals surface area contributed by atoms with Crippen molar-refractivity contribution in [3.8, 4) is 5.75 Å². The van der Waals surface area contributed by atoms with E-state index in [0.29, 0.717) is 5.92 Å². The molecule has 1 aromatic carbocycles. The van der Waals surface area contributed by atoms with Gasteiger partial charge in [0.1, 0.15) is 11.6 Å². The van der Waals surface area contributed by atoms with E-state index in [1.807, 2.05) is 12.4 Å². The van der Waals surface area contributed by atoms with Gasteiger partial charge >= 0.3 is 0 Å². The summed E-state index contributed by atoms with van der Waals surface area (Å²) in [5.74, 6) is 2.53. The average Bonchev–Trinajstić information content (AvgIpc) is 3.25. The number of rotatable bonds is 5. The third-order valence-electron chi connectivity index (χ3n) is 5.52. The van der Waals surface area contributed by atoms with Crippen molar-refractivity contribution in [3.05, 3.63) is 48.0 Å². The van der Waals surface area contributed by atoms with Gasteiger partial charge in [0.15, 0.2) is 0 Å². The second kappa shape index (κ2) is 6.55. The predicted octanol–water partition coefficient (Wildman–Crippen LogP) is 3.44. The fourth-order valence-electron chi connectivity index (χ4n) is 4.32. The Balaban J connectivity index is 1.28. The Hall–Kier alpha value is -1.88. The summed E-state index contributed by atoms with van der Waals surface area (Å²) in [6.07, 6.45) is 6.42. The van der Waals surface area contributed by atoms with Crippen LogP contribution in [0.5, 0.6) is 5.75 Å². The maximum atomic E-state index is 13.0. The topological polar surface area (TPSA) is 41.1 Å². The SMILES string of the molecule is C[C@@H](CN1C[C@H]2CC(Oc3ccc(F)cc3)C[C@H]2C1)c1cn[nH]c1. The highest BCUT2D eigenvalue weighted by atomic mass is 19.1. The van der Waals surface area contributed by atoms with Crippen LogP contribution < -0.4 is 4.74 Å². The summed E-state index contributed by atoms with van der Waals surface area (Å²) in [5.41, 5.74) is 1.28. The number of H-pyrrole nitrogens is 1. The van der Waals surface area contributed by atoms with Gasteiger partial charge in [0, 0.05) is 25.8 Å². The van der Waals surface area contributed by atoms with Gasteiger partial charge in [-0.05, 0) is 60.4 Å². The van der Waals surface area contributed by atoms with Crippen molar-refractivity contribution in [1.82, 2.24) is 15.1 Å². The van der Waals surface area contributed by atoms with Gasteiger partial charge in [-0.15, -0.1) is 0 Å². The van der Waals surface area contributed by atoms with E-state index in [-0.39, 0.29) is 11.9 Å². The highest BCUT2D eigenvalue weighted by molar-refractivity contribution is 5.22. The predicted molar refractivity (Wildman–Crippen MR) is 90.5 cm³/mol. The Bertz CT molecular complexity index is 644. The molecule has 0 amide bonds. The lowest BCUT2D eigenvalue weighted by molar-refractivity contribution is 0.184. The largest absolute Gasteiger partial charge is 0.490 e. The molecule has 2 fully saturated rings. The molecule has 1 saturated heterocycles. The summed E-state index contributed by atoms with van der Waals surface area (Å²) >= 11 is 0. The van der Waals surface area contributed by atoms with Crippen LogP contribution in [0.15, 0.2) is 36.7 Å². The number of ether oxygens (including phenoxy) is 1. The van der Waals surface area contributed by atoms with Gasteiger partial charge in [0.05, 0.1) is 12.3 Å². The van der Waals surface area contributed by atoms with Crippen molar-refractivity contribution in [3.63, 3.8) is 0 Å². The summed E-state index contributed by atoms with van der Waals surface area (Å²) in [6, 6.07) is 6.37. The van der Waals surface area contributed by atoms with Gasteiger partial charge in [-0.3, -0.25) is 5.10 Å². The van der Waals surface area contributed by atoms with Crippen LogP contribution in [-0.4, -0.2) is 40.8 Å². The van der Waals surface area contributed by atoms with Crippen LogP contribution in [0, 0.1) is 17.7 Å². The van der Waals surface area contributed by atoms with Crippen LogP contribution in [0.25, 0.3) is 0 Å². The van der Waals surface area contributed by atoms with Gasteiger partial charge in [-0.25, -0.2) is 4.39 Å². The molecule has 4 rings (SSSR count). The van der Waals surface area contributed by atoms with Crippen LogP contribution in [-0.2, 0) is 0 Å². The van der Waals surface area contributed by atoms with E-state index in [2.05, 4.69) is 22.0 Å². The number of nitrogens with zero attached hydrogens (tertiary/aromatic N) is 2. The number of likely N-dealkylation sites (tertiary alicyclic amines) is 1. The molecular formula is C19H24FN3O. The average molecular weight is 329 g/mol. The van der Waals surface area contributed by atoms with E-state index < -0.39 is 0 Å². The lowest BCUT2D eigenvalue weighted by Crippen LogP contribution is -2.28. The minimum absolute atomic E-state index is 0.215. The lowest BCUT2D eigenvalue weighted by Gasteiger charge is -2.22. The quantitative estimate of drug-likeness (QED) is 0.913. The highest BCUT2D eigenvalue weighted by Crippen LogP contribution is 2.40. The molecule has 0 spiro atoms. The van der Waals surface area contributed by atoms with E-state index in [0.717, 1.165) is 50.1 Å². The minimum Gasteiger partial charge on any atom is -0.490 e. The Labute approximate surface area is 142 Å². The maximum Gasteiger partial charge on any atom is 0.123 e. The number of aromatic amines is 1. The van der Waals surface area contributed by atoms with Crippen molar-refractivity contribution < 1.29 is 9.13 Å². The molecule has 1 saturated carbocycles. The fourth-order valence-corrected chi connectivity index (χ4v) is 4.32. The molecule has 1 unspecified atom stereocenters. The molecule has 4 nitrogen and oxygen atoms in total. The van der Waals surface area contributed by atoms with E-state index in [1.54, 1.807) is 12.1 Å². The van der Waals surface area contributed by atoms with Gasteiger partial charge in [0.25, 0.3) is 0 Å². The normalized spacial score (nSPS) is 28.0. The Morgan fingerprint density at radius 3 is 2.58 bits per heavy atom. The first-order valence-electron chi connectivity index (χ1n) is 8.80. The first kappa shape index (κ1) is 15.6. The van der Waals surface area contributed by atoms with E-state index in [9.17, 15) is 4.39 Å².